The monoisotopic (exact) mass is 652 g/mol. The van der Waals surface area contributed by atoms with Crippen LogP contribution in [0, 0.1) is 0 Å². The van der Waals surface area contributed by atoms with Crippen molar-refractivity contribution in [2.24, 2.45) is 0 Å². The van der Waals surface area contributed by atoms with E-state index in [1.807, 2.05) is 0 Å². The Bertz CT molecular complexity index is 2760. The van der Waals surface area contributed by atoms with E-state index in [4.69, 9.17) is 0 Å². The van der Waals surface area contributed by atoms with Gasteiger partial charge in [-0.05, 0) is 94.4 Å². The second-order valence-corrected chi connectivity index (χ2v) is 13.8. The molecule has 7 aromatic carbocycles. The minimum Gasteiger partial charge on any atom is -0.313 e. The number of rotatable bonds is 5. The molecule has 0 spiro atoms. The molecule has 0 radical (unpaired) electrons. The molecule has 10 rings (SSSR count). The van der Waals surface area contributed by atoms with Gasteiger partial charge in [0.15, 0.2) is 0 Å². The van der Waals surface area contributed by atoms with Crippen molar-refractivity contribution in [3.63, 3.8) is 0 Å². The van der Waals surface area contributed by atoms with Crippen molar-refractivity contribution in [2.45, 2.75) is 19.3 Å². The third-order valence-electron chi connectivity index (χ3n) is 10.7. The molecule has 0 saturated carbocycles. The Hall–Kier alpha value is -6.38. The number of hydrogen-bond acceptors (Lipinski definition) is 0. The SMILES string of the molecule is CC1CC=Cc2c1n(-c1ccc(-c3ccccc3)cc1)c1ccc(-c3ccc4c(c3)c3ccccc3n4-c3cccc(-c4ccccc4)c3)cc21. The molecule has 1 aliphatic rings. The zero-order valence-corrected chi connectivity index (χ0v) is 28.5. The molecule has 2 aromatic heterocycles. The molecule has 2 heterocycles. The number of benzene rings is 7. The van der Waals surface area contributed by atoms with Crippen LogP contribution >= 0.6 is 0 Å². The van der Waals surface area contributed by atoms with Gasteiger partial charge in [0.2, 0.25) is 0 Å². The van der Waals surface area contributed by atoms with Gasteiger partial charge in [0, 0.05) is 44.7 Å². The predicted molar refractivity (Wildman–Crippen MR) is 216 cm³/mol. The smallest absolute Gasteiger partial charge is 0.0541 e. The van der Waals surface area contributed by atoms with E-state index >= 15 is 0 Å². The number of fused-ring (bicyclic) bond motifs is 6. The number of para-hydroxylation sites is 1. The summed E-state index contributed by atoms with van der Waals surface area (Å²) in [4.78, 5) is 0. The molecule has 242 valence electrons. The summed E-state index contributed by atoms with van der Waals surface area (Å²) in [6.45, 7) is 2.36. The van der Waals surface area contributed by atoms with Crippen LogP contribution in [-0.2, 0) is 0 Å². The first-order valence-corrected chi connectivity index (χ1v) is 17.9. The molecule has 9 aromatic rings. The summed E-state index contributed by atoms with van der Waals surface area (Å²) < 4.78 is 4.91. The van der Waals surface area contributed by atoms with Crippen LogP contribution in [0.1, 0.15) is 30.5 Å². The van der Waals surface area contributed by atoms with Crippen molar-refractivity contribution < 1.29 is 0 Å². The van der Waals surface area contributed by atoms with Gasteiger partial charge in [0.25, 0.3) is 0 Å². The molecule has 51 heavy (non-hydrogen) atoms. The van der Waals surface area contributed by atoms with Crippen molar-refractivity contribution in [1.82, 2.24) is 9.13 Å². The fraction of sp³-hybridized carbons (Fsp3) is 0.0612. The molecule has 0 amide bonds. The molecule has 0 bridgehead atoms. The first-order valence-electron chi connectivity index (χ1n) is 17.9. The van der Waals surface area contributed by atoms with E-state index in [9.17, 15) is 0 Å². The van der Waals surface area contributed by atoms with Gasteiger partial charge < -0.3 is 9.13 Å². The van der Waals surface area contributed by atoms with Gasteiger partial charge in [-0.2, -0.15) is 0 Å². The van der Waals surface area contributed by atoms with E-state index in [2.05, 4.69) is 198 Å². The van der Waals surface area contributed by atoms with Crippen molar-refractivity contribution >= 4 is 38.8 Å². The van der Waals surface area contributed by atoms with Crippen LogP contribution < -0.4 is 0 Å². The minimum atomic E-state index is 0.428. The summed E-state index contributed by atoms with van der Waals surface area (Å²) in [5.74, 6) is 0.428. The lowest BCUT2D eigenvalue weighted by Crippen LogP contribution is -2.06. The Morgan fingerprint density at radius 3 is 1.71 bits per heavy atom. The summed E-state index contributed by atoms with van der Waals surface area (Å²) in [7, 11) is 0. The average Bonchev–Trinajstić information content (AvgIpc) is 3.72. The maximum atomic E-state index is 2.50. The topological polar surface area (TPSA) is 9.86 Å². The third kappa shape index (κ3) is 4.87. The summed E-state index contributed by atoms with van der Waals surface area (Å²) in [6, 6.07) is 62.1. The number of nitrogens with zero attached hydrogens (tertiary/aromatic N) is 2. The molecule has 2 nitrogen and oxygen atoms in total. The molecular weight excluding hydrogens is 617 g/mol. The van der Waals surface area contributed by atoms with Crippen LogP contribution in [0.15, 0.2) is 176 Å². The Morgan fingerprint density at radius 1 is 0.412 bits per heavy atom. The summed E-state index contributed by atoms with van der Waals surface area (Å²) in [6.07, 6.45) is 5.74. The van der Waals surface area contributed by atoms with Gasteiger partial charge in [-0.15, -0.1) is 0 Å². The van der Waals surface area contributed by atoms with Gasteiger partial charge in [-0.1, -0.05) is 134 Å². The lowest BCUT2D eigenvalue weighted by atomic mass is 9.92. The molecule has 0 saturated heterocycles. The Balaban J connectivity index is 1.10. The van der Waals surface area contributed by atoms with E-state index in [0.29, 0.717) is 5.92 Å². The van der Waals surface area contributed by atoms with E-state index in [-0.39, 0.29) is 0 Å². The third-order valence-corrected chi connectivity index (χ3v) is 10.7. The first kappa shape index (κ1) is 29.5. The van der Waals surface area contributed by atoms with Gasteiger partial charge in [0.05, 0.1) is 16.6 Å². The van der Waals surface area contributed by atoms with Crippen molar-refractivity contribution in [3.05, 3.63) is 187 Å². The van der Waals surface area contributed by atoms with Crippen LogP contribution in [0.3, 0.4) is 0 Å². The highest BCUT2D eigenvalue weighted by molar-refractivity contribution is 6.11. The van der Waals surface area contributed by atoms with Crippen LogP contribution in [0.4, 0.5) is 0 Å². The van der Waals surface area contributed by atoms with E-state index in [1.54, 1.807) is 0 Å². The summed E-state index contributed by atoms with van der Waals surface area (Å²) >= 11 is 0. The Morgan fingerprint density at radius 2 is 0.961 bits per heavy atom. The zero-order valence-electron chi connectivity index (χ0n) is 28.5. The maximum absolute atomic E-state index is 2.50. The Kier molecular flexibility index (Phi) is 6.89. The number of allylic oxidation sites excluding steroid dienone is 1. The molecule has 2 heteroatoms. The summed E-state index contributed by atoms with van der Waals surface area (Å²) in [5, 5.41) is 3.83. The molecule has 1 unspecified atom stereocenters. The average molecular weight is 653 g/mol. The predicted octanol–water partition coefficient (Wildman–Crippen LogP) is 13.2. The quantitative estimate of drug-likeness (QED) is 0.175. The lowest BCUT2D eigenvalue weighted by molar-refractivity contribution is 0.723. The highest BCUT2D eigenvalue weighted by atomic mass is 15.0. The van der Waals surface area contributed by atoms with E-state index in [1.165, 1.54) is 88.7 Å². The van der Waals surface area contributed by atoms with Crippen LogP contribution in [0.5, 0.6) is 0 Å². The molecule has 1 atom stereocenters. The fourth-order valence-corrected chi connectivity index (χ4v) is 8.27. The van der Waals surface area contributed by atoms with Crippen molar-refractivity contribution in [2.75, 3.05) is 0 Å². The lowest BCUT2D eigenvalue weighted by Gasteiger charge is -2.19. The Labute approximate surface area is 298 Å². The molecular formula is C49H36N2. The summed E-state index contributed by atoms with van der Waals surface area (Å²) in [5.41, 5.74) is 16.2. The highest BCUT2D eigenvalue weighted by Crippen LogP contribution is 2.42. The first-order chi connectivity index (χ1) is 25.2. The molecule has 1 aliphatic carbocycles. The molecule has 0 fully saturated rings. The van der Waals surface area contributed by atoms with Crippen molar-refractivity contribution in [1.29, 1.82) is 0 Å². The van der Waals surface area contributed by atoms with Gasteiger partial charge in [-0.3, -0.25) is 0 Å². The second-order valence-electron chi connectivity index (χ2n) is 13.8. The van der Waals surface area contributed by atoms with E-state index < -0.39 is 0 Å². The fourth-order valence-electron chi connectivity index (χ4n) is 8.27. The number of hydrogen-bond donors (Lipinski definition) is 0. The minimum absolute atomic E-state index is 0.428. The second kappa shape index (κ2) is 11.9. The normalized spacial score (nSPS) is 14.0. The maximum Gasteiger partial charge on any atom is 0.0541 e. The largest absolute Gasteiger partial charge is 0.313 e. The highest BCUT2D eigenvalue weighted by Gasteiger charge is 2.24. The van der Waals surface area contributed by atoms with Gasteiger partial charge in [-0.25, -0.2) is 0 Å². The van der Waals surface area contributed by atoms with Crippen LogP contribution in [0.2, 0.25) is 0 Å². The number of aromatic nitrogens is 2. The van der Waals surface area contributed by atoms with E-state index in [0.717, 1.165) is 6.42 Å². The zero-order chi connectivity index (χ0) is 33.9. The van der Waals surface area contributed by atoms with Gasteiger partial charge >= 0.3 is 0 Å². The van der Waals surface area contributed by atoms with Crippen molar-refractivity contribution in [3.8, 4) is 44.8 Å². The molecule has 0 aliphatic heterocycles. The molecule has 0 N–H and O–H groups in total. The van der Waals surface area contributed by atoms with Crippen LogP contribution in [0.25, 0.3) is 83.5 Å². The standard InChI is InChI=1S/C49H36N2/c1-33-12-10-20-43-45-32-39(25-29-48(45)51(49(33)43)40-26-22-36(23-27-40)34-13-4-2-5-14-34)38-24-28-47-44(31-38)42-19-8-9-21-46(42)50(47)41-18-11-17-37(30-41)35-15-6-3-7-16-35/h2-11,13-33H,12H2,1H3. The van der Waals surface area contributed by atoms with Gasteiger partial charge in [0.1, 0.15) is 0 Å². The van der Waals surface area contributed by atoms with Crippen LogP contribution in [-0.4, -0.2) is 9.13 Å².